The number of primary amides is 1. The van der Waals surface area contributed by atoms with Gasteiger partial charge in [-0.1, -0.05) is 46.5 Å². The Morgan fingerprint density at radius 3 is 2.41 bits per heavy atom. The zero-order chi connectivity index (χ0) is 13.1. The van der Waals surface area contributed by atoms with Gasteiger partial charge < -0.3 is 15.8 Å². The molecule has 0 aromatic carbocycles. The number of unbranched alkanes of at least 4 members (excludes halogenated alkanes) is 4. The van der Waals surface area contributed by atoms with Gasteiger partial charge in [0, 0.05) is 12.6 Å². The number of nitrogens with two attached hydrogens (primary N) is 1. The first-order chi connectivity index (χ1) is 8.07. The van der Waals surface area contributed by atoms with Crippen molar-refractivity contribution < 1.29 is 9.53 Å². The van der Waals surface area contributed by atoms with Gasteiger partial charge in [0.05, 0.1) is 6.61 Å². The van der Waals surface area contributed by atoms with Crippen LogP contribution in [0.5, 0.6) is 0 Å². The van der Waals surface area contributed by atoms with Crippen molar-refractivity contribution in [3.05, 3.63) is 0 Å². The molecule has 1 amide bonds. The van der Waals surface area contributed by atoms with E-state index in [1.54, 1.807) is 0 Å². The first-order valence-corrected chi connectivity index (χ1v) is 6.71. The zero-order valence-electron chi connectivity index (χ0n) is 11.5. The molecule has 0 aliphatic carbocycles. The molecule has 0 radical (unpaired) electrons. The van der Waals surface area contributed by atoms with Crippen molar-refractivity contribution in [3.63, 3.8) is 0 Å². The number of hydrogen-bond acceptors (Lipinski definition) is 3. The third kappa shape index (κ3) is 10.3. The van der Waals surface area contributed by atoms with Gasteiger partial charge in [-0.2, -0.15) is 0 Å². The molecular weight excluding hydrogens is 216 g/mol. The molecule has 0 aliphatic heterocycles. The third-order valence-corrected chi connectivity index (χ3v) is 2.55. The number of hydrogen-bond donors (Lipinski definition) is 2. The van der Waals surface area contributed by atoms with E-state index in [9.17, 15) is 4.79 Å². The minimum absolute atomic E-state index is 0.237. The fourth-order valence-corrected chi connectivity index (χ4v) is 1.62. The van der Waals surface area contributed by atoms with Crippen LogP contribution >= 0.6 is 0 Å². The lowest BCUT2D eigenvalue weighted by atomic mass is 10.2. The average molecular weight is 244 g/mol. The summed E-state index contributed by atoms with van der Waals surface area (Å²) in [7, 11) is 0. The van der Waals surface area contributed by atoms with Gasteiger partial charge in [-0.25, -0.2) is 0 Å². The minimum Gasteiger partial charge on any atom is -0.379 e. The normalized spacial score (nSPS) is 12.9. The lowest BCUT2D eigenvalue weighted by Crippen LogP contribution is -2.47. The number of rotatable bonds is 11. The van der Waals surface area contributed by atoms with Crippen molar-refractivity contribution in [1.29, 1.82) is 0 Å². The highest BCUT2D eigenvalue weighted by Crippen LogP contribution is 2.02. The fourth-order valence-electron chi connectivity index (χ4n) is 1.62. The Balaban J connectivity index is 3.51. The van der Waals surface area contributed by atoms with Gasteiger partial charge in [-0.15, -0.1) is 0 Å². The van der Waals surface area contributed by atoms with E-state index in [-0.39, 0.29) is 18.0 Å². The Kier molecular flexibility index (Phi) is 10.2. The van der Waals surface area contributed by atoms with Crippen LogP contribution in [0.1, 0.15) is 52.9 Å². The molecule has 1 atom stereocenters. The molecule has 0 saturated carbocycles. The molecule has 17 heavy (non-hydrogen) atoms. The highest BCUT2D eigenvalue weighted by molar-refractivity contribution is 5.80. The Morgan fingerprint density at radius 1 is 1.24 bits per heavy atom. The van der Waals surface area contributed by atoms with Crippen LogP contribution in [-0.2, 0) is 9.53 Å². The second-order valence-corrected chi connectivity index (χ2v) is 4.77. The second kappa shape index (κ2) is 10.5. The van der Waals surface area contributed by atoms with Crippen LogP contribution in [0, 0.1) is 0 Å². The Morgan fingerprint density at radius 2 is 1.88 bits per heavy atom. The Labute approximate surface area is 105 Å². The number of nitrogens with one attached hydrogen (secondary N) is 1. The summed E-state index contributed by atoms with van der Waals surface area (Å²) in [5.41, 5.74) is 5.28. The summed E-state index contributed by atoms with van der Waals surface area (Å²) in [4.78, 5) is 11.1. The molecule has 1 unspecified atom stereocenters. The highest BCUT2D eigenvalue weighted by atomic mass is 16.5. The van der Waals surface area contributed by atoms with E-state index in [1.165, 1.54) is 25.7 Å². The molecule has 0 spiro atoms. The standard InChI is InChI=1S/C13H28N2O2/c1-4-5-6-7-8-9-17-10-12(13(14)16)15-11(2)3/h11-12,15H,4-10H2,1-3H3,(H2,14,16). The molecular formula is C13H28N2O2. The SMILES string of the molecule is CCCCCCCOCC(NC(C)C)C(N)=O. The van der Waals surface area contributed by atoms with Crippen LogP contribution in [0.4, 0.5) is 0 Å². The molecule has 0 aromatic rings. The minimum atomic E-state index is -0.370. The maximum atomic E-state index is 11.1. The van der Waals surface area contributed by atoms with E-state index in [2.05, 4.69) is 12.2 Å². The monoisotopic (exact) mass is 244 g/mol. The van der Waals surface area contributed by atoms with Crippen LogP contribution < -0.4 is 11.1 Å². The molecule has 0 aromatic heterocycles. The summed E-state index contributed by atoms with van der Waals surface area (Å²) in [6, 6.07) is -0.133. The van der Waals surface area contributed by atoms with E-state index < -0.39 is 0 Å². The molecule has 0 heterocycles. The van der Waals surface area contributed by atoms with Crippen molar-refractivity contribution in [2.45, 2.75) is 65.0 Å². The van der Waals surface area contributed by atoms with Gasteiger partial charge in [-0.3, -0.25) is 4.79 Å². The third-order valence-electron chi connectivity index (χ3n) is 2.55. The van der Waals surface area contributed by atoms with Crippen LogP contribution in [0.15, 0.2) is 0 Å². The van der Waals surface area contributed by atoms with Crippen LogP contribution in [0.25, 0.3) is 0 Å². The number of carbonyl (C=O) groups excluding carboxylic acids is 1. The predicted octanol–water partition coefficient (Wildman–Crippen LogP) is 1.83. The predicted molar refractivity (Wildman–Crippen MR) is 70.8 cm³/mol. The lowest BCUT2D eigenvalue weighted by molar-refractivity contribution is -0.121. The summed E-state index contributed by atoms with van der Waals surface area (Å²) in [5, 5.41) is 3.09. The van der Waals surface area contributed by atoms with Gasteiger partial charge in [0.15, 0.2) is 0 Å². The molecule has 0 rings (SSSR count). The van der Waals surface area contributed by atoms with Crippen molar-refractivity contribution in [2.75, 3.05) is 13.2 Å². The molecule has 4 heteroatoms. The quantitative estimate of drug-likeness (QED) is 0.545. The maximum absolute atomic E-state index is 11.1. The van der Waals surface area contributed by atoms with E-state index in [0.29, 0.717) is 13.2 Å². The number of carbonyl (C=O) groups is 1. The summed E-state index contributed by atoms with van der Waals surface area (Å²) < 4.78 is 5.47. The molecule has 0 bridgehead atoms. The Bertz CT molecular complexity index is 196. The topological polar surface area (TPSA) is 64.3 Å². The van der Waals surface area contributed by atoms with Crippen molar-refractivity contribution in [3.8, 4) is 0 Å². The van der Waals surface area contributed by atoms with Crippen LogP contribution in [0.3, 0.4) is 0 Å². The Hall–Kier alpha value is -0.610. The first-order valence-electron chi connectivity index (χ1n) is 6.71. The molecule has 0 saturated heterocycles. The molecule has 4 nitrogen and oxygen atoms in total. The van der Waals surface area contributed by atoms with Crippen LogP contribution in [0.2, 0.25) is 0 Å². The molecule has 102 valence electrons. The highest BCUT2D eigenvalue weighted by Gasteiger charge is 2.15. The van der Waals surface area contributed by atoms with Gasteiger partial charge in [-0.05, 0) is 6.42 Å². The average Bonchev–Trinajstić information content (AvgIpc) is 2.25. The van der Waals surface area contributed by atoms with Crippen molar-refractivity contribution in [1.82, 2.24) is 5.32 Å². The van der Waals surface area contributed by atoms with Crippen LogP contribution in [-0.4, -0.2) is 31.2 Å². The van der Waals surface area contributed by atoms with E-state index >= 15 is 0 Å². The smallest absolute Gasteiger partial charge is 0.236 e. The van der Waals surface area contributed by atoms with E-state index in [1.807, 2.05) is 13.8 Å². The van der Waals surface area contributed by atoms with Gasteiger partial charge in [0.25, 0.3) is 0 Å². The van der Waals surface area contributed by atoms with Crippen molar-refractivity contribution in [2.24, 2.45) is 5.73 Å². The second-order valence-electron chi connectivity index (χ2n) is 4.77. The van der Waals surface area contributed by atoms with Crippen molar-refractivity contribution >= 4 is 5.91 Å². The summed E-state index contributed by atoms with van der Waals surface area (Å²) >= 11 is 0. The molecule has 0 fully saturated rings. The van der Waals surface area contributed by atoms with Gasteiger partial charge in [0.1, 0.15) is 6.04 Å². The number of ether oxygens (including phenoxy) is 1. The van der Waals surface area contributed by atoms with E-state index in [4.69, 9.17) is 10.5 Å². The fraction of sp³-hybridized carbons (Fsp3) is 0.923. The van der Waals surface area contributed by atoms with E-state index in [0.717, 1.165) is 6.42 Å². The summed E-state index contributed by atoms with van der Waals surface area (Å²) in [6.45, 7) is 7.27. The maximum Gasteiger partial charge on any atom is 0.236 e. The number of amides is 1. The first kappa shape index (κ1) is 16.4. The van der Waals surface area contributed by atoms with Gasteiger partial charge in [0.2, 0.25) is 5.91 Å². The molecule has 3 N–H and O–H groups in total. The lowest BCUT2D eigenvalue weighted by Gasteiger charge is -2.18. The summed E-state index contributed by atoms with van der Waals surface area (Å²) in [6.07, 6.45) is 6.07. The molecule has 0 aliphatic rings. The largest absolute Gasteiger partial charge is 0.379 e. The van der Waals surface area contributed by atoms with Gasteiger partial charge >= 0.3 is 0 Å². The summed E-state index contributed by atoms with van der Waals surface area (Å²) in [5.74, 6) is -0.343. The zero-order valence-corrected chi connectivity index (χ0v) is 11.5.